The summed E-state index contributed by atoms with van der Waals surface area (Å²) in [4.78, 5) is 0. The van der Waals surface area contributed by atoms with Crippen LogP contribution in [0.25, 0.3) is 21.5 Å². The third kappa shape index (κ3) is 4.32. The molecule has 4 aromatic carbocycles. The van der Waals surface area contributed by atoms with Gasteiger partial charge in [-0.25, -0.2) is 0 Å². The van der Waals surface area contributed by atoms with Gasteiger partial charge in [0.1, 0.15) is 0 Å². The predicted octanol–water partition coefficient (Wildman–Crippen LogP) is 5.90. The van der Waals surface area contributed by atoms with E-state index in [1.165, 1.54) is 30.3 Å². The lowest BCUT2D eigenvalue weighted by atomic mass is 9.86. The van der Waals surface area contributed by atoms with Gasteiger partial charge in [-0.15, -0.1) is 0 Å². The van der Waals surface area contributed by atoms with Crippen molar-refractivity contribution < 1.29 is 31.4 Å². The van der Waals surface area contributed by atoms with Crippen molar-refractivity contribution in [2.75, 3.05) is 11.5 Å². The van der Waals surface area contributed by atoms with Crippen LogP contribution in [0.1, 0.15) is 16.7 Å². The lowest BCUT2D eigenvalue weighted by Crippen LogP contribution is -2.54. The van der Waals surface area contributed by atoms with Crippen LogP contribution in [0.15, 0.2) is 66.7 Å². The number of nitriles is 2. The summed E-state index contributed by atoms with van der Waals surface area (Å²) < 4.78 is 78.0. The summed E-state index contributed by atoms with van der Waals surface area (Å²) in [5.41, 5.74) is 4.46. The van der Waals surface area contributed by atoms with Crippen molar-refractivity contribution in [3.05, 3.63) is 83.4 Å². The molecule has 0 atom stereocenters. The van der Waals surface area contributed by atoms with Gasteiger partial charge in [0.2, 0.25) is 0 Å². The van der Waals surface area contributed by atoms with Crippen molar-refractivity contribution in [3.63, 3.8) is 0 Å². The number of nitrogens with two attached hydrogens (primary N) is 2. The molecule has 0 radical (unpaired) electrons. The number of hydrogen-bond acceptors (Lipinski definition) is 5. The standard InChI is InChI=1S/C14H8F6N2O.C11H8N2/c15-13(16,17)12(23,14(18,19)20)10-5-7(6-21)8-3-1-2-4-9(8)11(10)22;12-7-8-5-6-11(13)10-4-2-1-3-9(8)10/h1-5,23H,22H2;1-6H,13H2. The fraction of sp³-hybridized carbons (Fsp3) is 0.120. The van der Waals surface area contributed by atoms with Crippen molar-refractivity contribution in [1.29, 1.82) is 10.5 Å². The van der Waals surface area contributed by atoms with Gasteiger partial charge in [0.05, 0.1) is 23.3 Å². The molecule has 0 aliphatic heterocycles. The number of nitrogens with zero attached hydrogens (tertiary/aromatic N) is 2. The van der Waals surface area contributed by atoms with Crippen molar-refractivity contribution in [2.45, 2.75) is 18.0 Å². The maximum Gasteiger partial charge on any atom is 0.430 e. The first-order chi connectivity index (χ1) is 16.8. The first-order valence-electron chi connectivity index (χ1n) is 10.0. The maximum absolute atomic E-state index is 13.0. The quantitative estimate of drug-likeness (QED) is 0.221. The summed E-state index contributed by atoms with van der Waals surface area (Å²) in [6.07, 6.45) is -12.1. The number of alkyl halides is 6. The molecule has 5 nitrogen and oxygen atoms in total. The van der Waals surface area contributed by atoms with Gasteiger partial charge in [-0.1, -0.05) is 48.5 Å². The molecule has 184 valence electrons. The van der Waals surface area contributed by atoms with Gasteiger partial charge < -0.3 is 16.6 Å². The van der Waals surface area contributed by atoms with Crippen molar-refractivity contribution in [2.24, 2.45) is 0 Å². The average molecular weight is 502 g/mol. The second-order valence-electron chi connectivity index (χ2n) is 7.61. The fourth-order valence-corrected chi connectivity index (χ4v) is 3.68. The van der Waals surface area contributed by atoms with Gasteiger partial charge in [0, 0.05) is 38.5 Å². The van der Waals surface area contributed by atoms with Gasteiger partial charge in [0.15, 0.2) is 0 Å². The minimum Gasteiger partial charge on any atom is -0.398 e. The zero-order valence-electron chi connectivity index (χ0n) is 18.1. The largest absolute Gasteiger partial charge is 0.430 e. The van der Waals surface area contributed by atoms with Crippen LogP contribution in [-0.4, -0.2) is 17.5 Å². The molecule has 0 heterocycles. The zero-order chi connectivity index (χ0) is 26.9. The van der Waals surface area contributed by atoms with E-state index in [1.54, 1.807) is 12.1 Å². The molecule has 0 amide bonds. The maximum atomic E-state index is 13.0. The van der Waals surface area contributed by atoms with E-state index in [9.17, 15) is 31.4 Å². The fourth-order valence-electron chi connectivity index (χ4n) is 3.68. The zero-order valence-corrected chi connectivity index (χ0v) is 18.1. The lowest BCUT2D eigenvalue weighted by Gasteiger charge is -2.33. The van der Waals surface area contributed by atoms with E-state index in [0.717, 1.165) is 16.5 Å². The summed E-state index contributed by atoms with van der Waals surface area (Å²) >= 11 is 0. The molecule has 0 aliphatic carbocycles. The Balaban J connectivity index is 0.000000233. The lowest BCUT2D eigenvalue weighted by molar-refractivity contribution is -0.375. The van der Waals surface area contributed by atoms with Crippen LogP contribution in [0.2, 0.25) is 0 Å². The highest BCUT2D eigenvalue weighted by Gasteiger charge is 2.72. The van der Waals surface area contributed by atoms with Crippen LogP contribution in [-0.2, 0) is 5.60 Å². The highest BCUT2D eigenvalue weighted by Crippen LogP contribution is 2.52. The second-order valence-corrected chi connectivity index (χ2v) is 7.61. The van der Waals surface area contributed by atoms with Crippen LogP contribution >= 0.6 is 0 Å². The SMILES string of the molecule is N#Cc1cc(C(O)(C(F)(F)F)C(F)(F)F)c(N)c2ccccc12.N#Cc1ccc(N)c2ccccc12. The van der Waals surface area contributed by atoms with E-state index in [-0.39, 0.29) is 10.8 Å². The Kier molecular flexibility index (Phi) is 6.74. The van der Waals surface area contributed by atoms with Crippen molar-refractivity contribution >= 4 is 32.9 Å². The number of aliphatic hydroxyl groups is 1. The van der Waals surface area contributed by atoms with E-state index < -0.39 is 34.8 Å². The van der Waals surface area contributed by atoms with Gasteiger partial charge in [-0.3, -0.25) is 0 Å². The first-order valence-corrected chi connectivity index (χ1v) is 10.0. The van der Waals surface area contributed by atoms with Gasteiger partial charge >= 0.3 is 12.4 Å². The normalized spacial score (nSPS) is 11.9. The van der Waals surface area contributed by atoms with Crippen LogP contribution in [0.4, 0.5) is 37.7 Å². The molecule has 0 spiro atoms. The third-order valence-electron chi connectivity index (χ3n) is 5.50. The minimum atomic E-state index is -6.07. The number of nitrogen functional groups attached to an aromatic ring is 2. The summed E-state index contributed by atoms with van der Waals surface area (Å²) in [5, 5.41) is 29.1. The summed E-state index contributed by atoms with van der Waals surface area (Å²) in [6, 6.07) is 20.4. The number of rotatable bonds is 1. The molecule has 4 aromatic rings. The van der Waals surface area contributed by atoms with Crippen molar-refractivity contribution in [1.82, 2.24) is 0 Å². The molecule has 36 heavy (non-hydrogen) atoms. The van der Waals surface area contributed by atoms with E-state index >= 15 is 0 Å². The predicted molar refractivity (Wildman–Crippen MR) is 122 cm³/mol. The van der Waals surface area contributed by atoms with Crippen LogP contribution in [0, 0.1) is 22.7 Å². The van der Waals surface area contributed by atoms with E-state index in [4.69, 9.17) is 22.0 Å². The first kappa shape index (κ1) is 26.1. The number of fused-ring (bicyclic) bond motifs is 2. The Morgan fingerprint density at radius 3 is 1.56 bits per heavy atom. The Hall–Kier alpha value is -4.48. The molecule has 0 fully saturated rings. The van der Waals surface area contributed by atoms with Gasteiger partial charge in [0.25, 0.3) is 5.60 Å². The third-order valence-corrected chi connectivity index (χ3v) is 5.50. The van der Waals surface area contributed by atoms with Crippen molar-refractivity contribution in [3.8, 4) is 12.1 Å². The van der Waals surface area contributed by atoms with E-state index in [2.05, 4.69) is 6.07 Å². The smallest absolute Gasteiger partial charge is 0.398 e. The van der Waals surface area contributed by atoms with Crippen LogP contribution in [0.5, 0.6) is 0 Å². The molecular weight excluding hydrogens is 486 g/mol. The number of anilines is 2. The molecule has 11 heteroatoms. The minimum absolute atomic E-state index is 0.0861. The molecular formula is C25H16F6N4O. The molecule has 0 unspecified atom stereocenters. The molecule has 0 saturated carbocycles. The topological polar surface area (TPSA) is 120 Å². The molecule has 0 saturated heterocycles. The molecule has 0 aliphatic rings. The van der Waals surface area contributed by atoms with Crippen LogP contribution < -0.4 is 11.5 Å². The Morgan fingerprint density at radius 2 is 1.08 bits per heavy atom. The van der Waals surface area contributed by atoms with Crippen LogP contribution in [0.3, 0.4) is 0 Å². The molecule has 4 rings (SSSR count). The number of halogens is 6. The second kappa shape index (κ2) is 9.29. The highest BCUT2D eigenvalue weighted by atomic mass is 19.4. The monoisotopic (exact) mass is 502 g/mol. The summed E-state index contributed by atoms with van der Waals surface area (Å²) in [7, 11) is 0. The van der Waals surface area contributed by atoms with E-state index in [0.29, 0.717) is 11.6 Å². The Morgan fingerprint density at radius 1 is 0.639 bits per heavy atom. The molecule has 0 bridgehead atoms. The number of benzene rings is 4. The average Bonchev–Trinajstić information content (AvgIpc) is 2.83. The Labute approximate surface area is 200 Å². The van der Waals surface area contributed by atoms with Gasteiger partial charge in [-0.2, -0.15) is 36.9 Å². The molecule has 0 aromatic heterocycles. The van der Waals surface area contributed by atoms with Gasteiger partial charge in [-0.05, 0) is 18.2 Å². The highest BCUT2D eigenvalue weighted by molar-refractivity contribution is 5.98. The summed E-state index contributed by atoms with van der Waals surface area (Å²) in [5.74, 6) is 0. The Bertz CT molecular complexity index is 1520. The van der Waals surface area contributed by atoms with E-state index in [1.807, 2.05) is 24.3 Å². The number of hydrogen-bond donors (Lipinski definition) is 3. The molecule has 5 N–H and O–H groups in total. The summed E-state index contributed by atoms with van der Waals surface area (Å²) in [6.45, 7) is 0.